The summed E-state index contributed by atoms with van der Waals surface area (Å²) in [5.74, 6) is 0.887. The van der Waals surface area contributed by atoms with Gasteiger partial charge in [0.05, 0.1) is 0 Å². The van der Waals surface area contributed by atoms with Gasteiger partial charge in [-0.15, -0.1) is 11.3 Å². The number of nitriles is 1. The van der Waals surface area contributed by atoms with Crippen LogP contribution in [0, 0.1) is 11.3 Å². The molecule has 3 heteroatoms. The van der Waals surface area contributed by atoms with E-state index in [0.29, 0.717) is 6.61 Å². The van der Waals surface area contributed by atoms with Gasteiger partial charge in [0.15, 0.2) is 0 Å². The normalized spacial score (nSPS) is 10.8. The first-order chi connectivity index (χ1) is 13.3. The second-order valence-corrected chi connectivity index (χ2v) is 7.39. The van der Waals surface area contributed by atoms with Crippen molar-refractivity contribution in [1.82, 2.24) is 0 Å². The molecule has 0 N–H and O–H groups in total. The van der Waals surface area contributed by atoms with Gasteiger partial charge in [-0.1, -0.05) is 68.3 Å². The summed E-state index contributed by atoms with van der Waals surface area (Å²) >= 11 is 1.52. The standard InChI is InChI=1S/C24H23NOS/c1-2-3-4-5-6-17-26-22-13-11-20(12-14-22)19-7-9-21(10-8-19)24-16-15-23(18-25)27-24/h5-16H,2-4,17H2,1H3/b6-5+. The summed E-state index contributed by atoms with van der Waals surface area (Å²) in [5.41, 5.74) is 3.47. The van der Waals surface area contributed by atoms with Crippen molar-refractivity contribution < 1.29 is 4.74 Å². The van der Waals surface area contributed by atoms with Crippen LogP contribution in [0.5, 0.6) is 5.75 Å². The third-order valence-electron chi connectivity index (χ3n) is 4.31. The molecule has 2 aromatic carbocycles. The molecule has 0 unspecified atom stereocenters. The highest BCUT2D eigenvalue weighted by molar-refractivity contribution is 7.16. The highest BCUT2D eigenvalue weighted by Gasteiger charge is 2.04. The fourth-order valence-corrected chi connectivity index (χ4v) is 3.58. The molecule has 0 atom stereocenters. The molecule has 1 heterocycles. The van der Waals surface area contributed by atoms with Crippen LogP contribution in [-0.2, 0) is 0 Å². The second kappa shape index (κ2) is 9.75. The zero-order chi connectivity index (χ0) is 18.9. The summed E-state index contributed by atoms with van der Waals surface area (Å²) in [5, 5.41) is 8.96. The Bertz CT molecular complexity index is 914. The van der Waals surface area contributed by atoms with Crippen molar-refractivity contribution in [2.24, 2.45) is 0 Å². The van der Waals surface area contributed by atoms with Gasteiger partial charge in [-0.3, -0.25) is 0 Å². The van der Waals surface area contributed by atoms with Crippen LogP contribution in [-0.4, -0.2) is 6.61 Å². The summed E-state index contributed by atoms with van der Waals surface area (Å²) in [6, 6.07) is 22.7. The van der Waals surface area contributed by atoms with Crippen molar-refractivity contribution in [3.05, 3.63) is 77.7 Å². The van der Waals surface area contributed by atoms with Crippen molar-refractivity contribution in [3.63, 3.8) is 0 Å². The van der Waals surface area contributed by atoms with Crippen molar-refractivity contribution >= 4 is 11.3 Å². The van der Waals surface area contributed by atoms with E-state index in [4.69, 9.17) is 10.00 Å². The Kier molecular flexibility index (Phi) is 6.84. The topological polar surface area (TPSA) is 33.0 Å². The summed E-state index contributed by atoms with van der Waals surface area (Å²) in [4.78, 5) is 1.86. The lowest BCUT2D eigenvalue weighted by Gasteiger charge is -2.06. The molecule has 0 fully saturated rings. The number of allylic oxidation sites excluding steroid dienone is 1. The van der Waals surface area contributed by atoms with Crippen molar-refractivity contribution in [1.29, 1.82) is 5.26 Å². The monoisotopic (exact) mass is 373 g/mol. The number of ether oxygens (including phenoxy) is 1. The molecule has 0 bridgehead atoms. The number of hydrogen-bond acceptors (Lipinski definition) is 3. The first kappa shape index (κ1) is 18.9. The highest BCUT2D eigenvalue weighted by Crippen LogP contribution is 2.30. The van der Waals surface area contributed by atoms with E-state index in [1.165, 1.54) is 29.7 Å². The summed E-state index contributed by atoms with van der Waals surface area (Å²) in [6.07, 6.45) is 7.85. The van der Waals surface area contributed by atoms with E-state index in [0.717, 1.165) is 33.1 Å². The van der Waals surface area contributed by atoms with Crippen LogP contribution in [0.3, 0.4) is 0 Å². The Hall–Kier alpha value is -2.83. The largest absolute Gasteiger partial charge is 0.490 e. The lowest BCUT2D eigenvalue weighted by Crippen LogP contribution is -1.93. The van der Waals surface area contributed by atoms with Crippen LogP contribution in [0.2, 0.25) is 0 Å². The van der Waals surface area contributed by atoms with E-state index in [1.54, 1.807) is 0 Å². The lowest BCUT2D eigenvalue weighted by atomic mass is 10.0. The van der Waals surface area contributed by atoms with Gasteiger partial charge in [0.25, 0.3) is 0 Å². The van der Waals surface area contributed by atoms with Gasteiger partial charge in [0.1, 0.15) is 23.3 Å². The van der Waals surface area contributed by atoms with Crippen LogP contribution in [0.25, 0.3) is 21.6 Å². The minimum Gasteiger partial charge on any atom is -0.490 e. The molecular weight excluding hydrogens is 350 g/mol. The van der Waals surface area contributed by atoms with Crippen molar-refractivity contribution in [2.45, 2.75) is 26.2 Å². The van der Waals surface area contributed by atoms with Crippen LogP contribution in [0.1, 0.15) is 31.1 Å². The van der Waals surface area contributed by atoms with Crippen molar-refractivity contribution in [2.75, 3.05) is 6.61 Å². The van der Waals surface area contributed by atoms with E-state index < -0.39 is 0 Å². The smallest absolute Gasteiger partial charge is 0.119 e. The van der Waals surface area contributed by atoms with E-state index in [1.807, 2.05) is 24.3 Å². The molecule has 3 rings (SSSR count). The number of rotatable bonds is 8. The van der Waals surface area contributed by atoms with Gasteiger partial charge >= 0.3 is 0 Å². The molecule has 0 spiro atoms. The quantitative estimate of drug-likeness (QED) is 0.312. The lowest BCUT2D eigenvalue weighted by molar-refractivity contribution is 0.362. The van der Waals surface area contributed by atoms with Crippen LogP contribution in [0.15, 0.2) is 72.8 Å². The fraction of sp³-hybridized carbons (Fsp3) is 0.208. The molecule has 1 aromatic heterocycles. The van der Waals surface area contributed by atoms with Crippen LogP contribution < -0.4 is 4.74 Å². The molecule has 0 saturated heterocycles. The minimum atomic E-state index is 0.614. The molecule has 0 aliphatic heterocycles. The van der Waals surface area contributed by atoms with Gasteiger partial charge in [-0.25, -0.2) is 0 Å². The summed E-state index contributed by atoms with van der Waals surface area (Å²) in [7, 11) is 0. The molecule has 0 radical (unpaired) electrons. The highest BCUT2D eigenvalue weighted by atomic mass is 32.1. The predicted molar refractivity (Wildman–Crippen MR) is 114 cm³/mol. The second-order valence-electron chi connectivity index (χ2n) is 6.30. The molecule has 136 valence electrons. The number of unbranched alkanes of at least 4 members (excludes halogenated alkanes) is 2. The number of nitrogens with zero attached hydrogens (tertiary/aromatic N) is 1. The number of benzene rings is 2. The Balaban J connectivity index is 1.60. The molecule has 3 aromatic rings. The van der Waals surface area contributed by atoms with E-state index in [2.05, 4.69) is 61.5 Å². The molecule has 0 amide bonds. The zero-order valence-corrected chi connectivity index (χ0v) is 16.3. The first-order valence-electron chi connectivity index (χ1n) is 9.29. The van der Waals surface area contributed by atoms with E-state index >= 15 is 0 Å². The Morgan fingerprint density at radius 1 is 0.889 bits per heavy atom. The molecule has 0 saturated carbocycles. The first-order valence-corrected chi connectivity index (χ1v) is 10.1. The van der Waals surface area contributed by atoms with Crippen LogP contribution in [0.4, 0.5) is 0 Å². The fourth-order valence-electron chi connectivity index (χ4n) is 2.78. The third-order valence-corrected chi connectivity index (χ3v) is 5.35. The average Bonchev–Trinajstić information content (AvgIpc) is 3.21. The van der Waals surface area contributed by atoms with Gasteiger partial charge in [-0.05, 0) is 47.4 Å². The molecule has 0 aliphatic rings. The minimum absolute atomic E-state index is 0.614. The maximum absolute atomic E-state index is 8.96. The summed E-state index contributed by atoms with van der Waals surface area (Å²) < 4.78 is 5.76. The Morgan fingerprint density at radius 3 is 2.19 bits per heavy atom. The molecule has 0 aliphatic carbocycles. The maximum atomic E-state index is 8.96. The molecule has 2 nitrogen and oxygen atoms in total. The summed E-state index contributed by atoms with van der Waals surface area (Å²) in [6.45, 7) is 2.81. The predicted octanol–water partition coefficient (Wildman–Crippen LogP) is 7.08. The average molecular weight is 374 g/mol. The van der Waals surface area contributed by atoms with Crippen LogP contribution >= 0.6 is 11.3 Å². The van der Waals surface area contributed by atoms with Gasteiger partial charge in [0.2, 0.25) is 0 Å². The van der Waals surface area contributed by atoms with E-state index in [9.17, 15) is 0 Å². The molecular formula is C24H23NOS. The van der Waals surface area contributed by atoms with Gasteiger partial charge in [0, 0.05) is 4.88 Å². The molecule has 27 heavy (non-hydrogen) atoms. The number of thiophene rings is 1. The Morgan fingerprint density at radius 2 is 1.56 bits per heavy atom. The third kappa shape index (κ3) is 5.32. The van der Waals surface area contributed by atoms with E-state index in [-0.39, 0.29) is 0 Å². The SMILES string of the molecule is CCCC/C=C/COc1ccc(-c2ccc(-c3ccc(C#N)s3)cc2)cc1. The Labute approximate surface area is 165 Å². The van der Waals surface area contributed by atoms with Crippen molar-refractivity contribution in [3.8, 4) is 33.4 Å². The maximum Gasteiger partial charge on any atom is 0.119 e. The van der Waals surface area contributed by atoms with Gasteiger partial charge < -0.3 is 4.74 Å². The van der Waals surface area contributed by atoms with Gasteiger partial charge in [-0.2, -0.15) is 5.26 Å². The zero-order valence-electron chi connectivity index (χ0n) is 15.5. The number of hydrogen-bond donors (Lipinski definition) is 0.